The SMILES string of the molecule is Nc1ccc(C[P+]2(O)OCCCO2)cc1. The zero-order valence-corrected chi connectivity index (χ0v) is 9.32. The summed E-state index contributed by atoms with van der Waals surface area (Å²) < 4.78 is 10.6. The lowest BCUT2D eigenvalue weighted by molar-refractivity contribution is 0.120. The molecule has 0 atom stereocenters. The second kappa shape index (κ2) is 4.45. The van der Waals surface area contributed by atoms with Gasteiger partial charge in [0.05, 0.1) is 13.2 Å². The highest BCUT2D eigenvalue weighted by atomic mass is 31.2. The third kappa shape index (κ3) is 2.89. The Kier molecular flexibility index (Phi) is 3.22. The fourth-order valence-electron chi connectivity index (χ4n) is 1.46. The molecule has 1 aliphatic rings. The molecule has 5 heteroatoms. The maximum atomic E-state index is 10.0. The Morgan fingerprint density at radius 3 is 2.40 bits per heavy atom. The molecule has 1 fully saturated rings. The van der Waals surface area contributed by atoms with Gasteiger partial charge < -0.3 is 5.73 Å². The van der Waals surface area contributed by atoms with Crippen molar-refractivity contribution in [2.75, 3.05) is 18.9 Å². The van der Waals surface area contributed by atoms with Crippen LogP contribution in [0.2, 0.25) is 0 Å². The quantitative estimate of drug-likeness (QED) is 0.600. The molecule has 4 nitrogen and oxygen atoms in total. The summed E-state index contributed by atoms with van der Waals surface area (Å²) in [6.45, 7) is 1.17. The van der Waals surface area contributed by atoms with Crippen molar-refractivity contribution in [2.24, 2.45) is 0 Å². The van der Waals surface area contributed by atoms with Gasteiger partial charge in [-0.15, -0.1) is 0 Å². The van der Waals surface area contributed by atoms with E-state index in [4.69, 9.17) is 14.8 Å². The maximum Gasteiger partial charge on any atom is 0.413 e. The van der Waals surface area contributed by atoms with E-state index in [0.717, 1.165) is 17.7 Å². The van der Waals surface area contributed by atoms with Crippen LogP contribution in [0.5, 0.6) is 0 Å². The Morgan fingerprint density at radius 2 is 1.80 bits per heavy atom. The molecule has 1 aliphatic heterocycles. The third-order valence-electron chi connectivity index (χ3n) is 2.24. The summed E-state index contributed by atoms with van der Waals surface area (Å²) >= 11 is 0. The van der Waals surface area contributed by atoms with Gasteiger partial charge in [0.1, 0.15) is 0 Å². The monoisotopic (exact) mass is 228 g/mol. The summed E-state index contributed by atoms with van der Waals surface area (Å²) in [6.07, 6.45) is 1.29. The largest absolute Gasteiger partial charge is 0.413 e. The predicted octanol–water partition coefficient (Wildman–Crippen LogP) is 1.96. The first kappa shape index (κ1) is 10.8. The van der Waals surface area contributed by atoms with Gasteiger partial charge in [0, 0.05) is 12.1 Å². The Labute approximate surface area is 89.6 Å². The Morgan fingerprint density at radius 1 is 1.20 bits per heavy atom. The zero-order valence-electron chi connectivity index (χ0n) is 8.43. The van der Waals surface area contributed by atoms with Gasteiger partial charge in [-0.1, -0.05) is 12.1 Å². The Balaban J connectivity index is 2.03. The highest BCUT2D eigenvalue weighted by Gasteiger charge is 2.43. The second-order valence-corrected chi connectivity index (χ2v) is 5.66. The van der Waals surface area contributed by atoms with E-state index < -0.39 is 7.94 Å². The first-order chi connectivity index (χ1) is 7.18. The minimum atomic E-state index is -2.64. The van der Waals surface area contributed by atoms with Crippen LogP contribution in [0.1, 0.15) is 12.0 Å². The molecule has 0 spiro atoms. The van der Waals surface area contributed by atoms with E-state index in [1.54, 1.807) is 0 Å². The van der Waals surface area contributed by atoms with E-state index in [-0.39, 0.29) is 0 Å². The fraction of sp³-hybridized carbons (Fsp3) is 0.400. The number of hydrogen-bond acceptors (Lipinski definition) is 4. The van der Waals surface area contributed by atoms with Crippen molar-refractivity contribution in [3.63, 3.8) is 0 Å². The van der Waals surface area contributed by atoms with Gasteiger partial charge in [-0.25, -0.2) is 0 Å². The zero-order chi connectivity index (χ0) is 10.7. The van der Waals surface area contributed by atoms with E-state index in [2.05, 4.69) is 0 Å². The second-order valence-electron chi connectivity index (χ2n) is 3.56. The van der Waals surface area contributed by atoms with Crippen molar-refractivity contribution >= 4 is 13.6 Å². The molecule has 2 rings (SSSR count). The molecule has 3 N–H and O–H groups in total. The molecular formula is C10H15NO3P+. The molecule has 0 saturated carbocycles. The van der Waals surface area contributed by atoms with Crippen LogP contribution < -0.4 is 5.73 Å². The van der Waals surface area contributed by atoms with Crippen LogP contribution in [0.4, 0.5) is 5.69 Å². The first-order valence-corrected chi connectivity index (χ1v) is 6.69. The highest BCUT2D eigenvalue weighted by Crippen LogP contribution is 2.61. The van der Waals surface area contributed by atoms with Crippen molar-refractivity contribution in [3.05, 3.63) is 29.8 Å². The van der Waals surface area contributed by atoms with Crippen molar-refractivity contribution in [3.8, 4) is 0 Å². The van der Waals surface area contributed by atoms with Gasteiger partial charge in [-0.05, 0) is 17.7 Å². The molecule has 0 unspecified atom stereocenters. The van der Waals surface area contributed by atoms with E-state index in [1.165, 1.54) is 0 Å². The molecule has 1 saturated heterocycles. The highest BCUT2D eigenvalue weighted by molar-refractivity contribution is 7.59. The average molecular weight is 228 g/mol. The Hall–Kier alpha value is -0.670. The number of nitrogens with two attached hydrogens (primary N) is 1. The summed E-state index contributed by atoms with van der Waals surface area (Å²) in [4.78, 5) is 10.0. The van der Waals surface area contributed by atoms with Crippen LogP contribution in [0.3, 0.4) is 0 Å². The molecule has 0 aromatic heterocycles. The maximum absolute atomic E-state index is 10.0. The van der Waals surface area contributed by atoms with Gasteiger partial charge in [-0.3, -0.25) is 0 Å². The minimum absolute atomic E-state index is 0.438. The van der Waals surface area contributed by atoms with Crippen LogP contribution in [-0.2, 0) is 15.2 Å². The average Bonchev–Trinajstić information content (AvgIpc) is 2.22. The van der Waals surface area contributed by atoms with Crippen LogP contribution in [0.15, 0.2) is 24.3 Å². The van der Waals surface area contributed by atoms with Crippen molar-refractivity contribution in [1.82, 2.24) is 0 Å². The number of nitrogen functional groups attached to an aromatic ring is 1. The smallest absolute Gasteiger partial charge is 0.399 e. The molecule has 1 aromatic carbocycles. The first-order valence-electron chi connectivity index (χ1n) is 4.92. The van der Waals surface area contributed by atoms with E-state index in [1.807, 2.05) is 24.3 Å². The molecule has 1 aromatic rings. The Bertz CT molecular complexity index is 322. The fourth-order valence-corrected chi connectivity index (χ4v) is 3.21. The summed E-state index contributed by atoms with van der Waals surface area (Å²) in [5.41, 5.74) is 7.28. The molecule has 0 bridgehead atoms. The van der Waals surface area contributed by atoms with Crippen LogP contribution in [-0.4, -0.2) is 18.1 Å². The van der Waals surface area contributed by atoms with Gasteiger partial charge in [0.15, 0.2) is 6.16 Å². The summed E-state index contributed by atoms with van der Waals surface area (Å²) in [6, 6.07) is 7.39. The lowest BCUT2D eigenvalue weighted by atomic mass is 10.2. The summed E-state index contributed by atoms with van der Waals surface area (Å²) in [5, 5.41) is 0. The van der Waals surface area contributed by atoms with Crippen molar-refractivity contribution in [1.29, 1.82) is 0 Å². The molecule has 1 heterocycles. The van der Waals surface area contributed by atoms with Crippen LogP contribution in [0.25, 0.3) is 0 Å². The van der Waals surface area contributed by atoms with E-state index >= 15 is 0 Å². The molecule has 0 aliphatic carbocycles. The predicted molar refractivity (Wildman–Crippen MR) is 60.2 cm³/mol. The molecule has 0 amide bonds. The molecule has 15 heavy (non-hydrogen) atoms. The minimum Gasteiger partial charge on any atom is -0.399 e. The topological polar surface area (TPSA) is 64.7 Å². The third-order valence-corrected chi connectivity index (χ3v) is 4.17. The van der Waals surface area contributed by atoms with Gasteiger partial charge in [0.25, 0.3) is 0 Å². The number of benzene rings is 1. The van der Waals surface area contributed by atoms with E-state index in [0.29, 0.717) is 19.4 Å². The molecule has 0 radical (unpaired) electrons. The van der Waals surface area contributed by atoms with Crippen LogP contribution in [0, 0.1) is 0 Å². The van der Waals surface area contributed by atoms with Crippen LogP contribution >= 0.6 is 7.94 Å². The van der Waals surface area contributed by atoms with Gasteiger partial charge >= 0.3 is 7.94 Å². The number of hydrogen-bond donors (Lipinski definition) is 2. The number of rotatable bonds is 2. The van der Waals surface area contributed by atoms with Gasteiger partial charge in [0.2, 0.25) is 0 Å². The molecule has 82 valence electrons. The van der Waals surface area contributed by atoms with Crippen molar-refractivity contribution in [2.45, 2.75) is 12.6 Å². The lowest BCUT2D eigenvalue weighted by Crippen LogP contribution is -2.14. The van der Waals surface area contributed by atoms with Gasteiger partial charge in [-0.2, -0.15) is 13.9 Å². The molecular weight excluding hydrogens is 213 g/mol. The summed E-state index contributed by atoms with van der Waals surface area (Å²) in [5.74, 6) is 0. The lowest BCUT2D eigenvalue weighted by Gasteiger charge is -2.21. The number of anilines is 1. The standard InChI is InChI=1S/C10H15NO3P/c11-10-4-2-9(3-5-10)8-15(12)13-6-1-7-14-15/h2-5,12H,1,6-8,11H2/q+1. The van der Waals surface area contributed by atoms with E-state index in [9.17, 15) is 4.89 Å². The van der Waals surface area contributed by atoms with Crippen molar-refractivity contribution < 1.29 is 13.9 Å². The normalized spacial score (nSPS) is 20.1. The summed E-state index contributed by atoms with van der Waals surface area (Å²) in [7, 11) is -2.64.